The molecule has 0 aliphatic carbocycles. The van der Waals surface area contributed by atoms with Crippen molar-refractivity contribution in [1.29, 1.82) is 0 Å². The van der Waals surface area contributed by atoms with Gasteiger partial charge in [-0.05, 0) is 48.9 Å². The molecule has 2 aromatic rings. The number of carbonyl (C=O) groups is 1. The highest BCUT2D eigenvalue weighted by Crippen LogP contribution is 2.37. The molecule has 1 aromatic carbocycles. The van der Waals surface area contributed by atoms with Crippen molar-refractivity contribution in [3.8, 4) is 5.75 Å². The number of hydrogen-bond acceptors (Lipinski definition) is 8. The average Bonchev–Trinajstić information content (AvgIpc) is 3.34. The zero-order valence-electron chi connectivity index (χ0n) is 24.9. The lowest BCUT2D eigenvalue weighted by Gasteiger charge is -2.42. The van der Waals surface area contributed by atoms with E-state index in [2.05, 4.69) is 35.9 Å². The summed E-state index contributed by atoms with van der Waals surface area (Å²) in [6.45, 7) is 8.41. The quantitative estimate of drug-likeness (QED) is 0.555. The van der Waals surface area contributed by atoms with Crippen molar-refractivity contribution in [3.63, 3.8) is 0 Å². The summed E-state index contributed by atoms with van der Waals surface area (Å²) in [5.41, 5.74) is 2.08. The topological polar surface area (TPSA) is 110 Å². The first-order chi connectivity index (χ1) is 19.1. The number of rotatable bonds is 6. The fourth-order valence-corrected chi connectivity index (χ4v) is 5.50. The zero-order chi connectivity index (χ0) is 29.2. The predicted octanol–water partition coefficient (Wildman–Crippen LogP) is 2.64. The summed E-state index contributed by atoms with van der Waals surface area (Å²) in [6.07, 6.45) is 2.45. The van der Waals surface area contributed by atoms with E-state index < -0.39 is 18.3 Å². The summed E-state index contributed by atoms with van der Waals surface area (Å²) in [5, 5.41) is 21.4. The van der Waals surface area contributed by atoms with E-state index in [9.17, 15) is 15.0 Å². The standard InChI is InChI=1S/C30H48N4O6/c1-21(2)26-17-34(22(3)35)18-28(39-6)30(37)27(36)19-40-13-8-7-12-33(16-24-15-32(4)20-31-24)29(26)23-10-9-11-25(14-23)38-5/h9-11,14-15,20-21,26-30,36-37H,7-8,12-13,16-19H2,1-6H3/t26-,27+,28+,29-,30+/m1/s1. The Hall–Kier alpha value is -2.50. The summed E-state index contributed by atoms with van der Waals surface area (Å²) in [7, 11) is 5.13. The van der Waals surface area contributed by atoms with Gasteiger partial charge in [-0.3, -0.25) is 9.69 Å². The molecule has 0 bridgehead atoms. The van der Waals surface area contributed by atoms with Crippen LogP contribution in [0.1, 0.15) is 50.9 Å². The predicted molar refractivity (Wildman–Crippen MR) is 153 cm³/mol. The van der Waals surface area contributed by atoms with Gasteiger partial charge in [-0.2, -0.15) is 0 Å². The Morgan fingerprint density at radius 1 is 1.20 bits per heavy atom. The van der Waals surface area contributed by atoms with Crippen LogP contribution < -0.4 is 4.74 Å². The van der Waals surface area contributed by atoms with Gasteiger partial charge in [-0.1, -0.05) is 26.0 Å². The molecule has 0 spiro atoms. The zero-order valence-corrected chi connectivity index (χ0v) is 24.9. The maximum Gasteiger partial charge on any atom is 0.219 e. The minimum absolute atomic E-state index is 0.000197. The Kier molecular flexibility index (Phi) is 12.4. The van der Waals surface area contributed by atoms with Crippen LogP contribution in [-0.4, -0.2) is 101 Å². The third kappa shape index (κ3) is 8.75. The van der Waals surface area contributed by atoms with Crippen LogP contribution >= 0.6 is 0 Å². The Labute approximate surface area is 238 Å². The first kappa shape index (κ1) is 32.0. The summed E-state index contributed by atoms with van der Waals surface area (Å²) in [5.74, 6) is 0.901. The molecular weight excluding hydrogens is 512 g/mol. The van der Waals surface area contributed by atoms with E-state index in [1.165, 1.54) is 14.0 Å². The van der Waals surface area contributed by atoms with Crippen LogP contribution in [0.3, 0.4) is 0 Å². The maximum atomic E-state index is 13.0. The van der Waals surface area contributed by atoms with Crippen molar-refractivity contribution in [2.75, 3.05) is 47.1 Å². The summed E-state index contributed by atoms with van der Waals surface area (Å²) in [4.78, 5) is 21.8. The van der Waals surface area contributed by atoms with Gasteiger partial charge in [0.1, 0.15) is 24.1 Å². The fourth-order valence-electron chi connectivity index (χ4n) is 5.50. The van der Waals surface area contributed by atoms with Crippen molar-refractivity contribution in [2.45, 2.75) is 64.5 Å². The van der Waals surface area contributed by atoms with Crippen molar-refractivity contribution in [1.82, 2.24) is 19.4 Å². The highest BCUT2D eigenvalue weighted by atomic mass is 16.5. The number of aliphatic hydroxyl groups is 2. The van der Waals surface area contributed by atoms with Gasteiger partial charge in [0.05, 0.1) is 25.7 Å². The van der Waals surface area contributed by atoms with Gasteiger partial charge < -0.3 is 33.9 Å². The molecule has 10 heteroatoms. The van der Waals surface area contributed by atoms with Gasteiger partial charge in [0, 0.05) is 59.6 Å². The molecule has 5 atom stereocenters. The second kappa shape index (κ2) is 15.5. The van der Waals surface area contributed by atoms with Crippen LogP contribution in [0.15, 0.2) is 36.8 Å². The molecule has 2 N–H and O–H groups in total. The number of amides is 1. The maximum absolute atomic E-state index is 13.0. The van der Waals surface area contributed by atoms with Crippen LogP contribution in [-0.2, 0) is 27.9 Å². The van der Waals surface area contributed by atoms with Crippen molar-refractivity contribution in [3.05, 3.63) is 48.0 Å². The monoisotopic (exact) mass is 560 g/mol. The summed E-state index contributed by atoms with van der Waals surface area (Å²) >= 11 is 0. The lowest BCUT2D eigenvalue weighted by Crippen LogP contribution is -2.50. The number of hydrogen-bond donors (Lipinski definition) is 2. The van der Waals surface area contributed by atoms with Crippen LogP contribution in [0.25, 0.3) is 0 Å². The first-order valence-corrected chi connectivity index (χ1v) is 14.2. The number of carbonyl (C=O) groups excluding carboxylic acids is 1. The van der Waals surface area contributed by atoms with Crippen LogP contribution in [0.5, 0.6) is 5.75 Å². The number of aliphatic hydroxyl groups excluding tert-OH is 2. The molecule has 1 aliphatic heterocycles. The minimum atomic E-state index is -1.19. The van der Waals surface area contributed by atoms with Crippen LogP contribution in [0.4, 0.5) is 0 Å². The number of aryl methyl sites for hydroxylation is 1. The molecule has 40 heavy (non-hydrogen) atoms. The molecule has 1 aromatic heterocycles. The molecule has 1 saturated heterocycles. The van der Waals surface area contributed by atoms with E-state index in [1.807, 2.05) is 36.3 Å². The molecule has 1 amide bonds. The summed E-state index contributed by atoms with van der Waals surface area (Å²) < 4.78 is 18.9. The van der Waals surface area contributed by atoms with E-state index in [4.69, 9.17) is 14.2 Å². The number of imidazole rings is 1. The first-order valence-electron chi connectivity index (χ1n) is 14.2. The van der Waals surface area contributed by atoms with Gasteiger partial charge >= 0.3 is 0 Å². The molecule has 2 heterocycles. The van der Waals surface area contributed by atoms with Crippen molar-refractivity contribution in [2.24, 2.45) is 18.9 Å². The van der Waals surface area contributed by atoms with E-state index in [0.717, 1.165) is 36.4 Å². The third-order valence-electron chi connectivity index (χ3n) is 7.84. The highest BCUT2D eigenvalue weighted by Gasteiger charge is 2.36. The second-order valence-corrected chi connectivity index (χ2v) is 11.2. The van der Waals surface area contributed by atoms with Crippen molar-refractivity contribution >= 4 is 5.91 Å². The Morgan fingerprint density at radius 3 is 2.60 bits per heavy atom. The minimum Gasteiger partial charge on any atom is -0.497 e. The molecule has 1 aliphatic rings. The Morgan fingerprint density at radius 2 is 1.98 bits per heavy atom. The SMILES string of the molecule is COc1cccc([C@@H]2[C@@H](C(C)C)CN(C(C)=O)C[C@H](OC)[C@@H](O)[C@@H](O)COCCCCN2Cc2cn(C)cn2)c1. The lowest BCUT2D eigenvalue weighted by molar-refractivity contribution is -0.138. The lowest BCUT2D eigenvalue weighted by atomic mass is 9.82. The molecule has 0 unspecified atom stereocenters. The van der Waals surface area contributed by atoms with Crippen LogP contribution in [0.2, 0.25) is 0 Å². The second-order valence-electron chi connectivity index (χ2n) is 11.2. The number of nitrogens with zero attached hydrogens (tertiary/aromatic N) is 4. The normalized spacial score (nSPS) is 26.3. The largest absolute Gasteiger partial charge is 0.497 e. The van der Waals surface area contributed by atoms with E-state index in [-0.39, 0.29) is 36.9 Å². The van der Waals surface area contributed by atoms with Gasteiger partial charge in [0.25, 0.3) is 0 Å². The smallest absolute Gasteiger partial charge is 0.219 e. The number of aromatic nitrogens is 2. The molecule has 224 valence electrons. The molecule has 1 fully saturated rings. The van der Waals surface area contributed by atoms with E-state index >= 15 is 0 Å². The fraction of sp³-hybridized carbons (Fsp3) is 0.667. The number of benzene rings is 1. The molecule has 0 saturated carbocycles. The van der Waals surface area contributed by atoms with Crippen LogP contribution in [0, 0.1) is 11.8 Å². The highest BCUT2D eigenvalue weighted by molar-refractivity contribution is 5.73. The summed E-state index contributed by atoms with van der Waals surface area (Å²) in [6, 6.07) is 8.11. The average molecular weight is 561 g/mol. The molecule has 3 rings (SSSR count). The van der Waals surface area contributed by atoms with Crippen molar-refractivity contribution < 1.29 is 29.2 Å². The van der Waals surface area contributed by atoms with Gasteiger partial charge in [-0.15, -0.1) is 0 Å². The molecule has 0 radical (unpaired) electrons. The van der Waals surface area contributed by atoms with E-state index in [0.29, 0.717) is 19.7 Å². The molecule has 10 nitrogen and oxygen atoms in total. The van der Waals surface area contributed by atoms with Gasteiger partial charge in [-0.25, -0.2) is 4.98 Å². The van der Waals surface area contributed by atoms with Gasteiger partial charge in [0.15, 0.2) is 0 Å². The third-order valence-corrected chi connectivity index (χ3v) is 7.84. The Balaban J connectivity index is 2.10. The number of methoxy groups -OCH3 is 2. The number of ether oxygens (including phenoxy) is 3. The molecular formula is C30H48N4O6. The Bertz CT molecular complexity index is 1050. The van der Waals surface area contributed by atoms with E-state index in [1.54, 1.807) is 12.0 Å². The van der Waals surface area contributed by atoms with Gasteiger partial charge in [0.2, 0.25) is 5.91 Å².